The molecule has 8 nitrogen and oxygen atoms in total. The van der Waals surface area contributed by atoms with Gasteiger partial charge in [-0.25, -0.2) is 4.98 Å². The molecule has 1 aliphatic rings. The third-order valence-corrected chi connectivity index (χ3v) is 5.48. The zero-order chi connectivity index (χ0) is 21.5. The third kappa shape index (κ3) is 3.35. The van der Waals surface area contributed by atoms with Gasteiger partial charge in [-0.1, -0.05) is 6.07 Å². The first-order valence-electron chi connectivity index (χ1n) is 10.1. The van der Waals surface area contributed by atoms with Crippen molar-refractivity contribution in [3.8, 4) is 11.5 Å². The molecule has 31 heavy (non-hydrogen) atoms. The van der Waals surface area contributed by atoms with Gasteiger partial charge in [-0.3, -0.25) is 14.3 Å². The van der Waals surface area contributed by atoms with Crippen molar-refractivity contribution >= 4 is 34.2 Å². The van der Waals surface area contributed by atoms with E-state index in [9.17, 15) is 9.59 Å². The number of amides is 2. The lowest BCUT2D eigenvalue weighted by Crippen LogP contribution is -2.23. The number of fused-ring (bicyclic) bond motifs is 1. The molecule has 1 saturated heterocycles. The van der Waals surface area contributed by atoms with Crippen molar-refractivity contribution in [1.82, 2.24) is 14.8 Å². The van der Waals surface area contributed by atoms with Gasteiger partial charge >= 0.3 is 0 Å². The second-order valence-electron chi connectivity index (χ2n) is 7.59. The van der Waals surface area contributed by atoms with Gasteiger partial charge in [0.05, 0.1) is 22.9 Å². The molecule has 156 valence electrons. The van der Waals surface area contributed by atoms with Crippen LogP contribution in [0.5, 0.6) is 0 Å². The lowest BCUT2D eigenvalue weighted by atomic mass is 10.1. The van der Waals surface area contributed by atoms with E-state index >= 15 is 0 Å². The predicted molar refractivity (Wildman–Crippen MR) is 117 cm³/mol. The first-order chi connectivity index (χ1) is 15.0. The van der Waals surface area contributed by atoms with Crippen LogP contribution in [0.25, 0.3) is 22.5 Å². The number of furan rings is 1. The fraction of sp³-hybridized carbons (Fsp3) is 0.217. The average Bonchev–Trinajstić information content (AvgIpc) is 3.49. The molecule has 1 aliphatic heterocycles. The van der Waals surface area contributed by atoms with E-state index in [2.05, 4.69) is 15.4 Å². The topological polar surface area (TPSA) is 93.3 Å². The number of hydrogen-bond donors (Lipinski definition) is 1. The summed E-state index contributed by atoms with van der Waals surface area (Å²) in [6.07, 6.45) is 2.97. The summed E-state index contributed by atoms with van der Waals surface area (Å²) in [7, 11) is 1.80. The minimum atomic E-state index is -0.277. The second kappa shape index (κ2) is 7.39. The number of carbonyl (C=O) groups excluding carboxylic acids is 2. The number of benzene rings is 1. The lowest BCUT2D eigenvalue weighted by Gasteiger charge is -2.17. The first-order valence-corrected chi connectivity index (χ1v) is 10.1. The summed E-state index contributed by atoms with van der Waals surface area (Å²) in [5, 5.41) is 8.10. The quantitative estimate of drug-likeness (QED) is 0.545. The molecular weight excluding hydrogens is 394 g/mol. The number of hydrogen-bond acceptors (Lipinski definition) is 5. The molecule has 0 aliphatic carbocycles. The highest BCUT2D eigenvalue weighted by Crippen LogP contribution is 2.29. The van der Waals surface area contributed by atoms with Gasteiger partial charge in [0, 0.05) is 31.4 Å². The fourth-order valence-electron chi connectivity index (χ4n) is 4.05. The van der Waals surface area contributed by atoms with Gasteiger partial charge in [-0.05, 0) is 49.7 Å². The standard InChI is InChI=1S/C23H21N5O3/c1-14-21-17(13-18(19-8-5-11-31-19)25-22(21)27(2)26-14)23(30)24-15-6-3-7-16(12-15)28-10-4-9-20(28)29/h3,5-8,11-13H,4,9-10H2,1-2H3,(H,24,30). The molecule has 0 unspecified atom stereocenters. The van der Waals surface area contributed by atoms with Crippen LogP contribution in [0.4, 0.5) is 11.4 Å². The van der Waals surface area contributed by atoms with Crippen molar-refractivity contribution < 1.29 is 14.0 Å². The summed E-state index contributed by atoms with van der Waals surface area (Å²) in [6.45, 7) is 2.55. The number of pyridine rings is 1. The van der Waals surface area contributed by atoms with Crippen molar-refractivity contribution in [3.63, 3.8) is 0 Å². The van der Waals surface area contributed by atoms with Crippen LogP contribution in [0.15, 0.2) is 53.1 Å². The van der Waals surface area contributed by atoms with Gasteiger partial charge in [0.25, 0.3) is 5.91 Å². The van der Waals surface area contributed by atoms with Gasteiger partial charge in [0.1, 0.15) is 5.69 Å². The van der Waals surface area contributed by atoms with E-state index in [1.165, 1.54) is 0 Å². The Bertz CT molecular complexity index is 1310. The molecule has 4 aromatic rings. The van der Waals surface area contributed by atoms with Crippen LogP contribution in [-0.4, -0.2) is 33.1 Å². The predicted octanol–water partition coefficient (Wildman–Crippen LogP) is 3.92. The minimum Gasteiger partial charge on any atom is -0.463 e. The van der Waals surface area contributed by atoms with Crippen LogP contribution in [-0.2, 0) is 11.8 Å². The Hall–Kier alpha value is -3.94. The second-order valence-corrected chi connectivity index (χ2v) is 7.59. The van der Waals surface area contributed by atoms with Crippen molar-refractivity contribution in [3.05, 3.63) is 60.0 Å². The van der Waals surface area contributed by atoms with Crippen LogP contribution in [0.2, 0.25) is 0 Å². The number of anilines is 2. The number of nitrogens with zero attached hydrogens (tertiary/aromatic N) is 4. The highest BCUT2D eigenvalue weighted by atomic mass is 16.3. The summed E-state index contributed by atoms with van der Waals surface area (Å²) in [5.41, 5.74) is 3.75. The number of carbonyl (C=O) groups is 2. The van der Waals surface area contributed by atoms with Crippen molar-refractivity contribution in [1.29, 1.82) is 0 Å². The van der Waals surface area contributed by atoms with Gasteiger partial charge in [0.15, 0.2) is 11.4 Å². The molecular formula is C23H21N5O3. The molecule has 1 fully saturated rings. The molecule has 0 radical (unpaired) electrons. The number of aromatic nitrogens is 3. The van der Waals surface area contributed by atoms with Crippen molar-refractivity contribution in [2.45, 2.75) is 19.8 Å². The van der Waals surface area contributed by atoms with Crippen LogP contribution in [0, 0.1) is 6.92 Å². The minimum absolute atomic E-state index is 0.105. The smallest absolute Gasteiger partial charge is 0.256 e. The number of rotatable bonds is 4. The highest BCUT2D eigenvalue weighted by molar-refractivity contribution is 6.13. The molecule has 8 heteroatoms. The zero-order valence-electron chi connectivity index (χ0n) is 17.3. The zero-order valence-corrected chi connectivity index (χ0v) is 17.3. The van der Waals surface area contributed by atoms with Crippen LogP contribution >= 0.6 is 0 Å². The summed E-state index contributed by atoms with van der Waals surface area (Å²) in [5.74, 6) is 0.402. The number of aryl methyl sites for hydroxylation is 2. The Labute approximate surface area is 178 Å². The monoisotopic (exact) mass is 415 g/mol. The molecule has 2 amide bonds. The van der Waals surface area contributed by atoms with Crippen molar-refractivity contribution in [2.24, 2.45) is 7.05 Å². The van der Waals surface area contributed by atoms with E-state index in [-0.39, 0.29) is 11.8 Å². The van der Waals surface area contributed by atoms with Crippen LogP contribution in [0.1, 0.15) is 28.9 Å². The molecule has 4 heterocycles. The Morgan fingerprint density at radius 1 is 1.19 bits per heavy atom. The van der Waals surface area contributed by atoms with Gasteiger partial charge in [0.2, 0.25) is 5.91 Å². The van der Waals surface area contributed by atoms with E-state index in [0.29, 0.717) is 46.7 Å². The Morgan fingerprint density at radius 2 is 2.06 bits per heavy atom. The molecule has 0 atom stereocenters. The molecule has 1 aromatic carbocycles. The molecule has 1 N–H and O–H groups in total. The van der Waals surface area contributed by atoms with Crippen LogP contribution < -0.4 is 10.2 Å². The molecule has 0 spiro atoms. The summed E-state index contributed by atoms with van der Waals surface area (Å²) >= 11 is 0. The van der Waals surface area contributed by atoms with E-state index < -0.39 is 0 Å². The van der Waals surface area contributed by atoms with Gasteiger partial charge in [-0.2, -0.15) is 5.10 Å². The van der Waals surface area contributed by atoms with Crippen LogP contribution in [0.3, 0.4) is 0 Å². The maximum atomic E-state index is 13.3. The largest absolute Gasteiger partial charge is 0.463 e. The average molecular weight is 415 g/mol. The molecule has 5 rings (SSSR count). The van der Waals surface area contributed by atoms with E-state index in [1.54, 1.807) is 41.1 Å². The molecule has 0 bridgehead atoms. The van der Waals surface area contributed by atoms with E-state index in [1.807, 2.05) is 31.2 Å². The van der Waals surface area contributed by atoms with E-state index in [0.717, 1.165) is 17.8 Å². The Kier molecular flexibility index (Phi) is 4.54. The first kappa shape index (κ1) is 19.0. The Balaban J connectivity index is 1.53. The summed E-state index contributed by atoms with van der Waals surface area (Å²) < 4.78 is 7.15. The maximum Gasteiger partial charge on any atom is 0.256 e. The van der Waals surface area contributed by atoms with Crippen molar-refractivity contribution in [2.75, 3.05) is 16.8 Å². The summed E-state index contributed by atoms with van der Waals surface area (Å²) in [4.78, 5) is 31.8. The van der Waals surface area contributed by atoms with Gasteiger partial charge < -0.3 is 14.6 Å². The van der Waals surface area contributed by atoms with E-state index in [4.69, 9.17) is 4.42 Å². The molecule has 0 saturated carbocycles. The lowest BCUT2D eigenvalue weighted by molar-refractivity contribution is -0.117. The SMILES string of the molecule is Cc1nn(C)c2nc(-c3ccco3)cc(C(=O)Nc3cccc(N4CCCC4=O)c3)c12. The summed E-state index contributed by atoms with van der Waals surface area (Å²) in [6, 6.07) is 12.6. The number of nitrogens with one attached hydrogen (secondary N) is 1. The highest BCUT2D eigenvalue weighted by Gasteiger charge is 2.23. The third-order valence-electron chi connectivity index (χ3n) is 5.48. The normalized spacial score (nSPS) is 13.9. The molecule has 3 aromatic heterocycles. The van der Waals surface area contributed by atoms with Gasteiger partial charge in [-0.15, -0.1) is 0 Å². The fourth-order valence-corrected chi connectivity index (χ4v) is 4.05. The maximum absolute atomic E-state index is 13.3. The Morgan fingerprint density at radius 3 is 2.81 bits per heavy atom.